The summed E-state index contributed by atoms with van der Waals surface area (Å²) in [4.78, 5) is 23.5. The Morgan fingerprint density at radius 2 is 2.10 bits per heavy atom. The van der Waals surface area contributed by atoms with Gasteiger partial charge in [0.1, 0.15) is 5.56 Å². The van der Waals surface area contributed by atoms with Crippen molar-refractivity contribution in [2.24, 2.45) is 0 Å². The van der Waals surface area contributed by atoms with Crippen molar-refractivity contribution in [3.8, 4) is 0 Å². The van der Waals surface area contributed by atoms with Crippen molar-refractivity contribution in [3.63, 3.8) is 0 Å². The lowest BCUT2D eigenvalue weighted by Crippen LogP contribution is -2.19. The molecule has 0 spiro atoms. The topological polar surface area (TPSA) is 59.3 Å². The van der Waals surface area contributed by atoms with E-state index in [4.69, 9.17) is 16.7 Å². The number of unbranched alkanes of at least 4 members (excludes halogenated alkanes) is 1. The summed E-state index contributed by atoms with van der Waals surface area (Å²) in [6.07, 6.45) is 3.34. The normalized spacial score (nSPS) is 10.9. The summed E-state index contributed by atoms with van der Waals surface area (Å²) in [5.74, 6) is -1.21. The van der Waals surface area contributed by atoms with Crippen molar-refractivity contribution in [1.82, 2.24) is 4.57 Å². The van der Waals surface area contributed by atoms with Crippen LogP contribution in [0.15, 0.2) is 23.1 Å². The predicted octanol–water partition coefficient (Wildman–Crippen LogP) is 3.46. The Bertz CT molecular complexity index is 734. The molecule has 0 atom stereocenters. The molecule has 1 aromatic carbocycles. The fourth-order valence-electron chi connectivity index (χ4n) is 2.37. The number of aryl methyl sites for hydroxylation is 2. The lowest BCUT2D eigenvalue weighted by atomic mass is 10.1. The van der Waals surface area contributed by atoms with E-state index in [0.29, 0.717) is 17.0 Å². The van der Waals surface area contributed by atoms with Crippen LogP contribution in [0.1, 0.15) is 35.7 Å². The molecule has 0 bridgehead atoms. The molecule has 2 rings (SSSR count). The maximum Gasteiger partial charge on any atom is 0.341 e. The molecule has 4 nitrogen and oxygen atoms in total. The van der Waals surface area contributed by atoms with Gasteiger partial charge in [0.25, 0.3) is 0 Å². The first-order chi connectivity index (χ1) is 9.45. The zero-order valence-electron chi connectivity index (χ0n) is 11.4. The summed E-state index contributed by atoms with van der Waals surface area (Å²) in [6.45, 7) is 4.61. The first kappa shape index (κ1) is 14.6. The Balaban J connectivity index is 2.85. The Morgan fingerprint density at radius 3 is 2.70 bits per heavy atom. The second kappa shape index (κ2) is 5.67. The molecule has 0 aliphatic rings. The first-order valence-electron chi connectivity index (χ1n) is 6.52. The zero-order valence-corrected chi connectivity index (χ0v) is 12.2. The highest BCUT2D eigenvalue weighted by molar-refractivity contribution is 6.31. The monoisotopic (exact) mass is 293 g/mol. The van der Waals surface area contributed by atoms with Crippen LogP contribution in [-0.4, -0.2) is 15.6 Å². The van der Waals surface area contributed by atoms with E-state index in [1.165, 1.54) is 6.20 Å². The van der Waals surface area contributed by atoms with Crippen LogP contribution in [0.4, 0.5) is 0 Å². The summed E-state index contributed by atoms with van der Waals surface area (Å²) in [7, 11) is 0. The number of hydrogen-bond acceptors (Lipinski definition) is 2. The maximum atomic E-state index is 12.2. The van der Waals surface area contributed by atoms with Crippen LogP contribution in [0, 0.1) is 6.92 Å². The van der Waals surface area contributed by atoms with Gasteiger partial charge in [-0.05, 0) is 31.0 Å². The van der Waals surface area contributed by atoms with Gasteiger partial charge in [0.15, 0.2) is 0 Å². The average molecular weight is 294 g/mol. The number of benzene rings is 1. The van der Waals surface area contributed by atoms with Crippen LogP contribution < -0.4 is 5.43 Å². The molecule has 1 aromatic heterocycles. The highest BCUT2D eigenvalue weighted by atomic mass is 35.5. The van der Waals surface area contributed by atoms with E-state index in [9.17, 15) is 9.59 Å². The molecule has 0 aliphatic carbocycles. The quantitative estimate of drug-likeness (QED) is 0.939. The molecule has 0 saturated carbocycles. The third-order valence-electron chi connectivity index (χ3n) is 3.31. The number of pyridine rings is 1. The van der Waals surface area contributed by atoms with Gasteiger partial charge >= 0.3 is 5.97 Å². The minimum atomic E-state index is -1.21. The summed E-state index contributed by atoms with van der Waals surface area (Å²) >= 11 is 5.99. The summed E-state index contributed by atoms with van der Waals surface area (Å²) in [5.41, 5.74) is 0.941. The number of carbonyl (C=O) groups is 1. The lowest BCUT2D eigenvalue weighted by Gasteiger charge is -2.14. The van der Waals surface area contributed by atoms with E-state index in [-0.39, 0.29) is 5.56 Å². The van der Waals surface area contributed by atoms with Gasteiger partial charge in [-0.15, -0.1) is 0 Å². The number of carboxylic acids is 1. The lowest BCUT2D eigenvalue weighted by molar-refractivity contribution is 0.0695. The van der Waals surface area contributed by atoms with Crippen LogP contribution in [-0.2, 0) is 6.54 Å². The van der Waals surface area contributed by atoms with Gasteiger partial charge < -0.3 is 9.67 Å². The summed E-state index contributed by atoms with van der Waals surface area (Å²) in [6, 6.07) is 3.33. The molecule has 1 heterocycles. The van der Waals surface area contributed by atoms with E-state index in [0.717, 1.165) is 23.9 Å². The molecule has 2 aromatic rings. The molecule has 5 heteroatoms. The van der Waals surface area contributed by atoms with E-state index in [2.05, 4.69) is 6.92 Å². The molecule has 1 N–H and O–H groups in total. The highest BCUT2D eigenvalue weighted by Gasteiger charge is 2.16. The number of fused-ring (bicyclic) bond motifs is 1. The molecule has 0 unspecified atom stereocenters. The second-order valence-electron chi connectivity index (χ2n) is 4.84. The molecular weight excluding hydrogens is 278 g/mol. The van der Waals surface area contributed by atoms with Gasteiger partial charge in [0.2, 0.25) is 5.43 Å². The fourth-order valence-corrected chi connectivity index (χ4v) is 2.64. The second-order valence-corrected chi connectivity index (χ2v) is 5.28. The van der Waals surface area contributed by atoms with Gasteiger partial charge in [-0.25, -0.2) is 4.79 Å². The van der Waals surface area contributed by atoms with Crippen molar-refractivity contribution in [2.75, 3.05) is 0 Å². The Labute approximate surface area is 121 Å². The van der Waals surface area contributed by atoms with Crippen LogP contribution in [0.3, 0.4) is 0 Å². The number of hydrogen-bond donors (Lipinski definition) is 1. The molecule has 20 heavy (non-hydrogen) atoms. The van der Waals surface area contributed by atoms with Crippen LogP contribution in [0.25, 0.3) is 10.9 Å². The molecule has 0 radical (unpaired) electrons. The standard InChI is InChI=1S/C15H16ClNO3/c1-3-4-5-17-8-12(15(19)20)14(18)11-7-10(16)6-9(2)13(11)17/h6-8H,3-5H2,1-2H3,(H,19,20). The smallest absolute Gasteiger partial charge is 0.341 e. The first-order valence-corrected chi connectivity index (χ1v) is 6.90. The van der Waals surface area contributed by atoms with Crippen molar-refractivity contribution >= 4 is 28.5 Å². The summed E-state index contributed by atoms with van der Waals surface area (Å²) in [5, 5.41) is 9.98. The molecule has 0 amide bonds. The highest BCUT2D eigenvalue weighted by Crippen LogP contribution is 2.22. The maximum absolute atomic E-state index is 12.2. The van der Waals surface area contributed by atoms with Gasteiger partial charge in [-0.1, -0.05) is 24.9 Å². The van der Waals surface area contributed by atoms with Crippen molar-refractivity contribution in [2.45, 2.75) is 33.2 Å². The minimum Gasteiger partial charge on any atom is -0.477 e. The van der Waals surface area contributed by atoms with E-state index in [1.807, 2.05) is 11.5 Å². The van der Waals surface area contributed by atoms with Crippen molar-refractivity contribution < 1.29 is 9.90 Å². The molecule has 0 fully saturated rings. The largest absolute Gasteiger partial charge is 0.477 e. The minimum absolute atomic E-state index is 0.213. The average Bonchev–Trinajstić information content (AvgIpc) is 2.37. The number of halogens is 1. The van der Waals surface area contributed by atoms with Crippen LogP contribution >= 0.6 is 11.6 Å². The number of aromatic nitrogens is 1. The van der Waals surface area contributed by atoms with Gasteiger partial charge in [-0.2, -0.15) is 0 Å². The molecule has 106 valence electrons. The number of carboxylic acid groups (broad SMARTS) is 1. The summed E-state index contributed by atoms with van der Waals surface area (Å²) < 4.78 is 1.84. The van der Waals surface area contributed by atoms with E-state index < -0.39 is 11.4 Å². The zero-order chi connectivity index (χ0) is 14.9. The van der Waals surface area contributed by atoms with E-state index >= 15 is 0 Å². The molecule has 0 saturated heterocycles. The Kier molecular flexibility index (Phi) is 4.14. The molecular formula is C15H16ClNO3. The Hall–Kier alpha value is -1.81. The number of nitrogens with zero attached hydrogens (tertiary/aromatic N) is 1. The van der Waals surface area contributed by atoms with Gasteiger partial charge in [-0.3, -0.25) is 4.79 Å². The van der Waals surface area contributed by atoms with Crippen LogP contribution in [0.2, 0.25) is 5.02 Å². The third-order valence-corrected chi connectivity index (χ3v) is 3.53. The van der Waals surface area contributed by atoms with Crippen molar-refractivity contribution in [3.05, 3.63) is 44.7 Å². The SMILES string of the molecule is CCCCn1cc(C(=O)O)c(=O)c2cc(Cl)cc(C)c21. The molecule has 0 aliphatic heterocycles. The Morgan fingerprint density at radius 1 is 1.40 bits per heavy atom. The van der Waals surface area contributed by atoms with Crippen molar-refractivity contribution in [1.29, 1.82) is 0 Å². The van der Waals surface area contributed by atoms with Gasteiger partial charge in [0, 0.05) is 23.2 Å². The number of rotatable bonds is 4. The van der Waals surface area contributed by atoms with Gasteiger partial charge in [0.05, 0.1) is 5.52 Å². The van der Waals surface area contributed by atoms with Crippen LogP contribution in [0.5, 0.6) is 0 Å². The van der Waals surface area contributed by atoms with E-state index in [1.54, 1.807) is 12.1 Å². The predicted molar refractivity (Wildman–Crippen MR) is 79.8 cm³/mol. The number of aromatic carboxylic acids is 1. The third kappa shape index (κ3) is 2.56. The fraction of sp³-hybridized carbons (Fsp3) is 0.333.